The summed E-state index contributed by atoms with van der Waals surface area (Å²) in [5, 5.41) is 9.93. The molecule has 0 saturated carbocycles. The molecule has 0 radical (unpaired) electrons. The predicted molar refractivity (Wildman–Crippen MR) is 73.5 cm³/mol. The van der Waals surface area contributed by atoms with Crippen molar-refractivity contribution in [2.45, 2.75) is 38.8 Å². The van der Waals surface area contributed by atoms with E-state index in [2.05, 4.69) is 0 Å². The summed E-state index contributed by atoms with van der Waals surface area (Å²) < 4.78 is 4.98. The lowest BCUT2D eigenvalue weighted by Crippen LogP contribution is -2.48. The van der Waals surface area contributed by atoms with Crippen LogP contribution in [-0.2, 0) is 4.79 Å². The van der Waals surface area contributed by atoms with Crippen molar-refractivity contribution in [3.63, 3.8) is 0 Å². The predicted octanol–water partition coefficient (Wildman–Crippen LogP) is 1.60. The molecule has 1 heterocycles. The third kappa shape index (κ3) is 2.67. The Bertz CT molecular complexity index is 538. The van der Waals surface area contributed by atoms with Crippen molar-refractivity contribution in [2.24, 2.45) is 0 Å². The van der Waals surface area contributed by atoms with Crippen LogP contribution in [-0.4, -0.2) is 40.1 Å². The van der Waals surface area contributed by atoms with Gasteiger partial charge in [-0.25, -0.2) is 0 Å². The van der Waals surface area contributed by atoms with E-state index in [1.807, 2.05) is 13.8 Å². The third-order valence-electron chi connectivity index (χ3n) is 3.73. The largest absolute Gasteiger partial charge is 0.427 e. The van der Waals surface area contributed by atoms with Gasteiger partial charge in [0.05, 0.1) is 11.6 Å². The van der Waals surface area contributed by atoms with Gasteiger partial charge in [0, 0.05) is 19.0 Å². The number of carbonyl (C=O) groups is 2. The molecule has 1 aromatic rings. The number of benzene rings is 1. The zero-order valence-electron chi connectivity index (χ0n) is 11.9. The van der Waals surface area contributed by atoms with E-state index >= 15 is 0 Å². The van der Waals surface area contributed by atoms with Gasteiger partial charge in [-0.05, 0) is 38.5 Å². The molecule has 0 aliphatic carbocycles. The van der Waals surface area contributed by atoms with E-state index in [0.717, 1.165) is 0 Å². The molecule has 2 rings (SSSR count). The van der Waals surface area contributed by atoms with Crippen LogP contribution in [0.5, 0.6) is 5.75 Å². The Morgan fingerprint density at radius 1 is 1.40 bits per heavy atom. The molecule has 1 N–H and O–H groups in total. The lowest BCUT2D eigenvalue weighted by atomic mass is 9.98. The first-order chi connectivity index (χ1) is 9.32. The number of hydrogen-bond acceptors (Lipinski definition) is 4. The molecule has 1 aromatic carbocycles. The fraction of sp³-hybridized carbons (Fsp3) is 0.467. The Labute approximate surface area is 118 Å². The lowest BCUT2D eigenvalue weighted by Gasteiger charge is -2.33. The van der Waals surface area contributed by atoms with Crippen molar-refractivity contribution in [2.75, 3.05) is 6.54 Å². The number of nitrogens with zero attached hydrogens (tertiary/aromatic N) is 1. The van der Waals surface area contributed by atoms with Crippen LogP contribution in [0.1, 0.15) is 37.6 Å². The second-order valence-corrected chi connectivity index (χ2v) is 5.54. The summed E-state index contributed by atoms with van der Waals surface area (Å²) in [6, 6.07) is 6.52. The number of likely N-dealkylation sites (tertiary alicyclic amines) is 1. The van der Waals surface area contributed by atoms with Crippen LogP contribution in [0.25, 0.3) is 0 Å². The maximum Gasteiger partial charge on any atom is 0.308 e. The highest BCUT2D eigenvalue weighted by Crippen LogP contribution is 2.30. The number of carbonyl (C=O) groups excluding carboxylic acids is 2. The number of amides is 1. The van der Waals surface area contributed by atoms with Crippen molar-refractivity contribution in [1.29, 1.82) is 0 Å². The van der Waals surface area contributed by atoms with E-state index in [0.29, 0.717) is 24.3 Å². The number of aliphatic hydroxyl groups excluding tert-OH is 1. The lowest BCUT2D eigenvalue weighted by molar-refractivity contribution is -0.131. The van der Waals surface area contributed by atoms with Crippen molar-refractivity contribution in [3.8, 4) is 5.75 Å². The van der Waals surface area contributed by atoms with Gasteiger partial charge >= 0.3 is 5.97 Å². The van der Waals surface area contributed by atoms with E-state index in [1.54, 1.807) is 29.2 Å². The zero-order chi connectivity index (χ0) is 14.9. The molecule has 1 fully saturated rings. The molecule has 0 aromatic heterocycles. The zero-order valence-corrected chi connectivity index (χ0v) is 11.9. The van der Waals surface area contributed by atoms with E-state index in [-0.39, 0.29) is 5.91 Å². The van der Waals surface area contributed by atoms with E-state index < -0.39 is 17.6 Å². The summed E-state index contributed by atoms with van der Waals surface area (Å²) in [7, 11) is 0. The first kappa shape index (κ1) is 14.5. The van der Waals surface area contributed by atoms with Gasteiger partial charge in [-0.1, -0.05) is 6.07 Å². The maximum absolute atomic E-state index is 12.5. The van der Waals surface area contributed by atoms with E-state index in [4.69, 9.17) is 4.74 Å². The number of rotatable bonds is 2. The van der Waals surface area contributed by atoms with E-state index in [9.17, 15) is 14.7 Å². The Morgan fingerprint density at radius 3 is 2.65 bits per heavy atom. The number of ether oxygens (including phenoxy) is 1. The quantitative estimate of drug-likeness (QED) is 0.658. The number of hydrogen-bond donors (Lipinski definition) is 1. The first-order valence-electron chi connectivity index (χ1n) is 6.61. The van der Waals surface area contributed by atoms with Crippen LogP contribution in [0.2, 0.25) is 0 Å². The van der Waals surface area contributed by atoms with Crippen molar-refractivity contribution in [1.82, 2.24) is 4.90 Å². The van der Waals surface area contributed by atoms with Crippen LogP contribution in [0, 0.1) is 0 Å². The van der Waals surface area contributed by atoms with Gasteiger partial charge < -0.3 is 14.7 Å². The summed E-state index contributed by atoms with van der Waals surface area (Å²) in [6.45, 7) is 5.52. The van der Waals surface area contributed by atoms with Gasteiger partial charge in [0.2, 0.25) is 0 Å². The molecule has 0 bridgehead atoms. The molecular weight excluding hydrogens is 258 g/mol. The molecule has 108 valence electrons. The second-order valence-electron chi connectivity index (χ2n) is 5.54. The average Bonchev–Trinajstić information content (AvgIpc) is 2.63. The van der Waals surface area contributed by atoms with Crippen LogP contribution in [0.4, 0.5) is 0 Å². The highest BCUT2D eigenvalue weighted by atomic mass is 16.5. The topological polar surface area (TPSA) is 66.8 Å². The molecule has 20 heavy (non-hydrogen) atoms. The molecule has 1 unspecified atom stereocenters. The van der Waals surface area contributed by atoms with Crippen LogP contribution >= 0.6 is 0 Å². The minimum absolute atomic E-state index is 0.166. The molecule has 1 atom stereocenters. The minimum atomic E-state index is -0.589. The van der Waals surface area contributed by atoms with Gasteiger partial charge in [-0.3, -0.25) is 9.59 Å². The number of esters is 1. The Kier molecular flexibility index (Phi) is 3.81. The van der Waals surface area contributed by atoms with Gasteiger partial charge in [-0.2, -0.15) is 0 Å². The monoisotopic (exact) mass is 277 g/mol. The summed E-state index contributed by atoms with van der Waals surface area (Å²) in [4.78, 5) is 25.1. The fourth-order valence-corrected chi connectivity index (χ4v) is 2.45. The van der Waals surface area contributed by atoms with Gasteiger partial charge in [0.15, 0.2) is 0 Å². The van der Waals surface area contributed by atoms with Crippen molar-refractivity contribution in [3.05, 3.63) is 29.8 Å². The van der Waals surface area contributed by atoms with E-state index in [1.165, 1.54) is 6.92 Å². The van der Waals surface area contributed by atoms with Crippen molar-refractivity contribution >= 4 is 11.9 Å². The smallest absolute Gasteiger partial charge is 0.308 e. The van der Waals surface area contributed by atoms with Crippen LogP contribution in [0.3, 0.4) is 0 Å². The molecule has 0 spiro atoms. The average molecular weight is 277 g/mol. The third-order valence-corrected chi connectivity index (χ3v) is 3.73. The van der Waals surface area contributed by atoms with Crippen LogP contribution in [0.15, 0.2) is 24.3 Å². The summed E-state index contributed by atoms with van der Waals surface area (Å²) in [5.74, 6) is -0.243. The molecule has 1 aliphatic rings. The van der Waals surface area contributed by atoms with Crippen molar-refractivity contribution < 1.29 is 19.4 Å². The molecule has 1 amide bonds. The Hall–Kier alpha value is -1.88. The summed E-state index contributed by atoms with van der Waals surface area (Å²) in [5.41, 5.74) is -0.139. The summed E-state index contributed by atoms with van der Waals surface area (Å²) >= 11 is 0. The standard InChI is InChI=1S/C15H19NO4/c1-10(17)20-12-6-4-5-11(9-12)14(19)16-8-7-13(18)15(16,2)3/h4-6,9,13,18H,7-8H2,1-3H3. The maximum atomic E-state index is 12.5. The molecule has 1 saturated heterocycles. The van der Waals surface area contributed by atoms with Crippen LogP contribution < -0.4 is 4.74 Å². The molecule has 5 nitrogen and oxygen atoms in total. The first-order valence-corrected chi connectivity index (χ1v) is 6.61. The van der Waals surface area contributed by atoms with Gasteiger partial charge in [0.25, 0.3) is 5.91 Å². The summed E-state index contributed by atoms with van der Waals surface area (Å²) in [6.07, 6.45) is 0.0469. The highest BCUT2D eigenvalue weighted by Gasteiger charge is 2.43. The normalized spacial score (nSPS) is 20.8. The van der Waals surface area contributed by atoms with Gasteiger partial charge in [-0.15, -0.1) is 0 Å². The Balaban J connectivity index is 2.23. The Morgan fingerprint density at radius 2 is 2.10 bits per heavy atom. The number of aliphatic hydroxyl groups is 1. The molecule has 5 heteroatoms. The highest BCUT2D eigenvalue weighted by molar-refractivity contribution is 5.95. The SMILES string of the molecule is CC(=O)Oc1cccc(C(=O)N2CCC(O)C2(C)C)c1. The second kappa shape index (κ2) is 5.25. The molecule has 1 aliphatic heterocycles. The minimum Gasteiger partial charge on any atom is -0.427 e. The molecular formula is C15H19NO4. The fourth-order valence-electron chi connectivity index (χ4n) is 2.45. The van der Waals surface area contributed by atoms with Gasteiger partial charge in [0.1, 0.15) is 5.75 Å².